The molecule has 6 heteroatoms. The summed E-state index contributed by atoms with van der Waals surface area (Å²) in [5, 5.41) is 3.05. The fourth-order valence-corrected chi connectivity index (χ4v) is 3.85. The molecule has 0 saturated carbocycles. The van der Waals surface area contributed by atoms with Crippen LogP contribution in [-0.4, -0.2) is 60.5 Å². The zero-order chi connectivity index (χ0) is 17.6. The Morgan fingerprint density at radius 3 is 2.56 bits per heavy atom. The van der Waals surface area contributed by atoms with Gasteiger partial charge in [-0.3, -0.25) is 4.79 Å². The Labute approximate surface area is 153 Å². The number of nitrogens with zero attached hydrogens (tertiary/aromatic N) is 3. The molecular weight excluding hydrogens is 334 g/mol. The number of amides is 1. The molecule has 1 aliphatic rings. The van der Waals surface area contributed by atoms with Gasteiger partial charge in [-0.2, -0.15) is 0 Å². The molecule has 0 atom stereocenters. The largest absolute Gasteiger partial charge is 0.497 e. The number of carbonyl (C=O) groups is 1. The third-order valence-electron chi connectivity index (χ3n) is 4.66. The Bertz CT molecular complexity index is 691. The number of methoxy groups -OCH3 is 1. The third kappa shape index (κ3) is 4.58. The molecular formula is C19H25N3O2S. The van der Waals surface area contributed by atoms with E-state index in [0.29, 0.717) is 12.8 Å². The molecule has 0 unspecified atom stereocenters. The third-order valence-corrected chi connectivity index (χ3v) is 5.60. The zero-order valence-corrected chi connectivity index (χ0v) is 15.7. The average Bonchev–Trinajstić information content (AvgIpc) is 3.15. The number of rotatable bonds is 6. The van der Waals surface area contributed by atoms with E-state index < -0.39 is 0 Å². The molecule has 0 radical (unpaired) electrons. The van der Waals surface area contributed by atoms with Crippen LogP contribution in [0.5, 0.6) is 5.75 Å². The second-order valence-electron chi connectivity index (χ2n) is 6.19. The van der Waals surface area contributed by atoms with Gasteiger partial charge in [0, 0.05) is 43.5 Å². The van der Waals surface area contributed by atoms with Gasteiger partial charge in [-0.1, -0.05) is 6.92 Å². The Kier molecular flexibility index (Phi) is 6.04. The normalized spacial score (nSPS) is 15.4. The smallest absolute Gasteiger partial charge is 0.223 e. The summed E-state index contributed by atoms with van der Waals surface area (Å²) in [6, 6.07) is 7.91. The van der Waals surface area contributed by atoms with Gasteiger partial charge in [-0.15, -0.1) is 11.3 Å². The predicted molar refractivity (Wildman–Crippen MR) is 101 cm³/mol. The molecule has 1 aliphatic heterocycles. The van der Waals surface area contributed by atoms with Gasteiger partial charge in [0.15, 0.2) is 0 Å². The first-order valence-corrected chi connectivity index (χ1v) is 9.66. The summed E-state index contributed by atoms with van der Waals surface area (Å²) in [5.74, 6) is 1.09. The van der Waals surface area contributed by atoms with Crippen molar-refractivity contribution in [1.29, 1.82) is 0 Å². The SMILES string of the molecule is CCN1CCN(C(=O)CCc2csc(-c3ccc(OC)cc3)n2)CC1. The van der Waals surface area contributed by atoms with E-state index in [2.05, 4.69) is 22.2 Å². The van der Waals surface area contributed by atoms with Gasteiger partial charge in [0.2, 0.25) is 5.91 Å². The predicted octanol–water partition coefficient (Wildman–Crippen LogP) is 2.92. The highest BCUT2D eigenvalue weighted by Gasteiger charge is 2.20. The minimum atomic E-state index is 0.245. The molecule has 2 aromatic rings. The molecule has 0 N–H and O–H groups in total. The lowest BCUT2D eigenvalue weighted by Crippen LogP contribution is -2.48. The highest BCUT2D eigenvalue weighted by Crippen LogP contribution is 2.26. The van der Waals surface area contributed by atoms with Gasteiger partial charge in [0.1, 0.15) is 10.8 Å². The van der Waals surface area contributed by atoms with E-state index in [1.54, 1.807) is 18.4 Å². The van der Waals surface area contributed by atoms with Crippen molar-refractivity contribution in [2.45, 2.75) is 19.8 Å². The number of hydrogen-bond acceptors (Lipinski definition) is 5. The van der Waals surface area contributed by atoms with Crippen molar-refractivity contribution in [2.24, 2.45) is 0 Å². The molecule has 2 heterocycles. The standard InChI is InChI=1S/C19H25N3O2S/c1-3-21-10-12-22(13-11-21)18(23)9-6-16-14-25-19(20-16)15-4-7-17(24-2)8-5-15/h4-5,7-8,14H,3,6,9-13H2,1-2H3. The summed E-state index contributed by atoms with van der Waals surface area (Å²) in [6.07, 6.45) is 1.25. The topological polar surface area (TPSA) is 45.7 Å². The van der Waals surface area contributed by atoms with Crippen LogP contribution < -0.4 is 4.74 Å². The number of carbonyl (C=O) groups excluding carboxylic acids is 1. The molecule has 1 saturated heterocycles. The average molecular weight is 359 g/mol. The van der Waals surface area contributed by atoms with Gasteiger partial charge >= 0.3 is 0 Å². The summed E-state index contributed by atoms with van der Waals surface area (Å²) in [6.45, 7) is 6.90. The van der Waals surface area contributed by atoms with Gasteiger partial charge in [-0.25, -0.2) is 4.98 Å². The minimum absolute atomic E-state index is 0.245. The van der Waals surface area contributed by atoms with E-state index in [9.17, 15) is 4.79 Å². The van der Waals surface area contributed by atoms with E-state index in [4.69, 9.17) is 4.74 Å². The van der Waals surface area contributed by atoms with Crippen molar-refractivity contribution in [3.8, 4) is 16.3 Å². The Morgan fingerprint density at radius 1 is 1.20 bits per heavy atom. The van der Waals surface area contributed by atoms with Crippen LogP contribution in [0, 0.1) is 0 Å². The van der Waals surface area contributed by atoms with Gasteiger partial charge < -0.3 is 14.5 Å². The van der Waals surface area contributed by atoms with E-state index >= 15 is 0 Å². The molecule has 5 nitrogen and oxygen atoms in total. The van der Waals surface area contributed by atoms with Crippen molar-refractivity contribution >= 4 is 17.2 Å². The van der Waals surface area contributed by atoms with Crippen LogP contribution in [0.3, 0.4) is 0 Å². The number of hydrogen-bond donors (Lipinski definition) is 0. The van der Waals surface area contributed by atoms with E-state index in [0.717, 1.165) is 54.7 Å². The monoisotopic (exact) mass is 359 g/mol. The van der Waals surface area contributed by atoms with Crippen LogP contribution in [-0.2, 0) is 11.2 Å². The maximum atomic E-state index is 12.4. The first-order chi connectivity index (χ1) is 12.2. The highest BCUT2D eigenvalue weighted by atomic mass is 32.1. The fraction of sp³-hybridized carbons (Fsp3) is 0.474. The molecule has 3 rings (SSSR count). The van der Waals surface area contributed by atoms with Crippen LogP contribution in [0.1, 0.15) is 19.0 Å². The Balaban J connectivity index is 1.52. The zero-order valence-electron chi connectivity index (χ0n) is 14.9. The summed E-state index contributed by atoms with van der Waals surface area (Å²) in [7, 11) is 1.66. The Hall–Kier alpha value is -1.92. The van der Waals surface area contributed by atoms with Crippen LogP contribution in [0.25, 0.3) is 10.6 Å². The van der Waals surface area contributed by atoms with Crippen molar-refractivity contribution in [3.05, 3.63) is 35.3 Å². The number of ether oxygens (including phenoxy) is 1. The van der Waals surface area contributed by atoms with Crippen LogP contribution in [0.2, 0.25) is 0 Å². The van der Waals surface area contributed by atoms with Crippen molar-refractivity contribution in [3.63, 3.8) is 0 Å². The van der Waals surface area contributed by atoms with E-state index in [1.165, 1.54) is 0 Å². The summed E-state index contributed by atoms with van der Waals surface area (Å²) in [4.78, 5) is 21.4. The van der Waals surface area contributed by atoms with Crippen molar-refractivity contribution in [1.82, 2.24) is 14.8 Å². The maximum Gasteiger partial charge on any atom is 0.223 e. The number of aryl methyl sites for hydroxylation is 1. The van der Waals surface area contributed by atoms with E-state index in [1.807, 2.05) is 29.2 Å². The van der Waals surface area contributed by atoms with Crippen LogP contribution in [0.15, 0.2) is 29.6 Å². The second-order valence-corrected chi connectivity index (χ2v) is 7.05. The van der Waals surface area contributed by atoms with Crippen LogP contribution >= 0.6 is 11.3 Å². The molecule has 1 amide bonds. The maximum absolute atomic E-state index is 12.4. The lowest BCUT2D eigenvalue weighted by molar-refractivity contribution is -0.132. The van der Waals surface area contributed by atoms with Gasteiger partial charge in [-0.05, 0) is 37.2 Å². The number of aromatic nitrogens is 1. The molecule has 0 aliphatic carbocycles. The summed E-state index contributed by atoms with van der Waals surface area (Å²) >= 11 is 1.62. The molecule has 134 valence electrons. The van der Waals surface area contributed by atoms with Crippen molar-refractivity contribution < 1.29 is 9.53 Å². The lowest BCUT2D eigenvalue weighted by atomic mass is 10.2. The Morgan fingerprint density at radius 2 is 1.92 bits per heavy atom. The molecule has 0 spiro atoms. The lowest BCUT2D eigenvalue weighted by Gasteiger charge is -2.34. The summed E-state index contributed by atoms with van der Waals surface area (Å²) < 4.78 is 5.18. The second kappa shape index (κ2) is 8.45. The summed E-state index contributed by atoms with van der Waals surface area (Å²) in [5.41, 5.74) is 2.08. The number of thiazole rings is 1. The van der Waals surface area contributed by atoms with Crippen molar-refractivity contribution in [2.75, 3.05) is 39.8 Å². The molecule has 1 aromatic carbocycles. The number of benzene rings is 1. The molecule has 0 bridgehead atoms. The highest BCUT2D eigenvalue weighted by molar-refractivity contribution is 7.13. The quantitative estimate of drug-likeness (QED) is 0.796. The van der Waals surface area contributed by atoms with E-state index in [-0.39, 0.29) is 5.91 Å². The first-order valence-electron chi connectivity index (χ1n) is 8.78. The molecule has 1 fully saturated rings. The molecule has 25 heavy (non-hydrogen) atoms. The molecule has 1 aromatic heterocycles. The first kappa shape index (κ1) is 17.9. The fourth-order valence-electron chi connectivity index (χ4n) is 2.99. The van der Waals surface area contributed by atoms with Gasteiger partial charge in [0.05, 0.1) is 12.8 Å². The minimum Gasteiger partial charge on any atom is -0.497 e. The number of piperazine rings is 1. The number of likely N-dealkylation sites (N-methyl/N-ethyl adjacent to an activating group) is 1. The van der Waals surface area contributed by atoms with Gasteiger partial charge in [0.25, 0.3) is 0 Å². The van der Waals surface area contributed by atoms with Crippen LogP contribution in [0.4, 0.5) is 0 Å².